The maximum absolute atomic E-state index is 11.7. The van der Waals surface area contributed by atoms with E-state index in [0.29, 0.717) is 5.84 Å². The van der Waals surface area contributed by atoms with E-state index in [-0.39, 0.29) is 18.1 Å². The average Bonchev–Trinajstić information content (AvgIpc) is 2.94. The number of amidine groups is 1. The number of hydrogen-bond donors (Lipinski definition) is 1. The van der Waals surface area contributed by atoms with Gasteiger partial charge in [0.05, 0.1) is 0 Å². The molecule has 0 aliphatic carbocycles. The summed E-state index contributed by atoms with van der Waals surface area (Å²) >= 11 is 0. The largest absolute Gasteiger partial charge is 0.482 e. The van der Waals surface area contributed by atoms with Gasteiger partial charge >= 0.3 is 0 Å². The highest BCUT2D eigenvalue weighted by Gasteiger charge is 2.34. The molecule has 0 fully saturated rings. The summed E-state index contributed by atoms with van der Waals surface area (Å²) in [6.45, 7) is 2.06. The number of aliphatic imine (C=N–C) groups is 1. The fourth-order valence-corrected chi connectivity index (χ4v) is 2.44. The number of amides is 1. The topological polar surface area (TPSA) is 50.7 Å². The van der Waals surface area contributed by atoms with Gasteiger partial charge < -0.3 is 10.1 Å². The van der Waals surface area contributed by atoms with E-state index in [0.717, 1.165) is 25.0 Å². The van der Waals surface area contributed by atoms with Gasteiger partial charge in [-0.15, -0.1) is 0 Å². The quantitative estimate of drug-likeness (QED) is 0.879. The summed E-state index contributed by atoms with van der Waals surface area (Å²) < 4.78 is 5.82. The number of benzene rings is 1. The molecule has 2 unspecified atom stereocenters. The van der Waals surface area contributed by atoms with Gasteiger partial charge in [0.2, 0.25) is 5.91 Å². The molecular formula is C14H16N2O2. The van der Waals surface area contributed by atoms with E-state index in [1.54, 1.807) is 0 Å². The van der Waals surface area contributed by atoms with Crippen molar-refractivity contribution in [3.63, 3.8) is 0 Å². The molecule has 18 heavy (non-hydrogen) atoms. The Kier molecular flexibility index (Phi) is 2.78. The highest BCUT2D eigenvalue weighted by Crippen LogP contribution is 2.29. The Morgan fingerprint density at radius 1 is 1.44 bits per heavy atom. The summed E-state index contributed by atoms with van der Waals surface area (Å²) in [7, 11) is 0. The SMILES string of the molecule is CCCC1N=C(C2Cc3ccccc3O2)NC1=O. The molecular weight excluding hydrogens is 228 g/mol. The van der Waals surface area contributed by atoms with Crippen LogP contribution in [0.25, 0.3) is 0 Å². The summed E-state index contributed by atoms with van der Waals surface area (Å²) in [5.41, 5.74) is 1.18. The molecule has 94 valence electrons. The average molecular weight is 244 g/mol. The van der Waals surface area contributed by atoms with E-state index in [1.807, 2.05) is 18.2 Å². The van der Waals surface area contributed by atoms with Crippen molar-refractivity contribution in [2.45, 2.75) is 38.3 Å². The number of carbonyl (C=O) groups is 1. The molecule has 0 saturated heterocycles. The Hall–Kier alpha value is -1.84. The van der Waals surface area contributed by atoms with Gasteiger partial charge in [-0.3, -0.25) is 9.79 Å². The van der Waals surface area contributed by atoms with E-state index in [2.05, 4.69) is 23.3 Å². The van der Waals surface area contributed by atoms with E-state index in [4.69, 9.17) is 4.74 Å². The van der Waals surface area contributed by atoms with Gasteiger partial charge in [-0.2, -0.15) is 0 Å². The minimum Gasteiger partial charge on any atom is -0.482 e. The molecule has 0 aromatic heterocycles. The van der Waals surface area contributed by atoms with Crippen LogP contribution in [-0.4, -0.2) is 23.9 Å². The molecule has 0 radical (unpaired) electrons. The molecule has 2 heterocycles. The number of nitrogens with zero attached hydrogens (tertiary/aromatic N) is 1. The summed E-state index contributed by atoms with van der Waals surface area (Å²) in [6.07, 6.45) is 2.41. The van der Waals surface area contributed by atoms with Crippen LogP contribution < -0.4 is 10.1 Å². The zero-order valence-electron chi connectivity index (χ0n) is 10.3. The molecule has 2 aliphatic heterocycles. The molecule has 1 N–H and O–H groups in total. The first kappa shape index (κ1) is 11.3. The highest BCUT2D eigenvalue weighted by atomic mass is 16.5. The molecule has 4 nitrogen and oxygen atoms in total. The van der Waals surface area contributed by atoms with E-state index < -0.39 is 0 Å². The van der Waals surface area contributed by atoms with Crippen molar-refractivity contribution in [3.8, 4) is 5.75 Å². The lowest BCUT2D eigenvalue weighted by atomic mass is 10.1. The van der Waals surface area contributed by atoms with Gasteiger partial charge in [-0.1, -0.05) is 31.5 Å². The van der Waals surface area contributed by atoms with Crippen LogP contribution in [0.3, 0.4) is 0 Å². The van der Waals surface area contributed by atoms with Crippen LogP contribution in [0.1, 0.15) is 25.3 Å². The summed E-state index contributed by atoms with van der Waals surface area (Å²) in [4.78, 5) is 16.2. The van der Waals surface area contributed by atoms with Crippen molar-refractivity contribution in [3.05, 3.63) is 29.8 Å². The molecule has 0 bridgehead atoms. The van der Waals surface area contributed by atoms with Gasteiger partial charge in [0.1, 0.15) is 17.6 Å². The fraction of sp³-hybridized carbons (Fsp3) is 0.429. The Morgan fingerprint density at radius 2 is 2.28 bits per heavy atom. The van der Waals surface area contributed by atoms with E-state index in [1.165, 1.54) is 5.56 Å². The van der Waals surface area contributed by atoms with Gasteiger partial charge in [-0.25, -0.2) is 0 Å². The van der Waals surface area contributed by atoms with Crippen molar-refractivity contribution in [2.75, 3.05) is 0 Å². The number of para-hydroxylation sites is 1. The number of carbonyl (C=O) groups excluding carboxylic acids is 1. The Bertz CT molecular complexity index is 485. The van der Waals surface area contributed by atoms with Crippen LogP contribution in [0.4, 0.5) is 0 Å². The minimum absolute atomic E-state index is 0.00593. The first-order chi connectivity index (χ1) is 8.78. The number of fused-ring (bicyclic) bond motifs is 1. The second-order valence-electron chi connectivity index (χ2n) is 4.73. The first-order valence-electron chi connectivity index (χ1n) is 6.41. The maximum Gasteiger partial charge on any atom is 0.250 e. The molecule has 4 heteroatoms. The third kappa shape index (κ3) is 1.88. The molecule has 2 atom stereocenters. The third-order valence-electron chi connectivity index (χ3n) is 3.36. The minimum atomic E-state index is -0.225. The molecule has 2 aliphatic rings. The number of ether oxygens (including phenoxy) is 1. The third-order valence-corrected chi connectivity index (χ3v) is 3.36. The van der Waals surface area contributed by atoms with Crippen LogP contribution in [0.15, 0.2) is 29.3 Å². The van der Waals surface area contributed by atoms with Crippen molar-refractivity contribution in [1.29, 1.82) is 0 Å². The zero-order chi connectivity index (χ0) is 12.5. The van der Waals surface area contributed by atoms with E-state index >= 15 is 0 Å². The van der Waals surface area contributed by atoms with Crippen molar-refractivity contribution in [2.24, 2.45) is 4.99 Å². The predicted molar refractivity (Wildman–Crippen MR) is 68.8 cm³/mol. The molecule has 0 saturated carbocycles. The van der Waals surface area contributed by atoms with E-state index in [9.17, 15) is 4.79 Å². The predicted octanol–water partition coefficient (Wildman–Crippen LogP) is 1.69. The number of hydrogen-bond acceptors (Lipinski definition) is 3. The highest BCUT2D eigenvalue weighted by molar-refractivity contribution is 6.08. The lowest BCUT2D eigenvalue weighted by Gasteiger charge is -2.09. The summed E-state index contributed by atoms with van der Waals surface area (Å²) in [6, 6.07) is 7.74. The van der Waals surface area contributed by atoms with Crippen LogP contribution in [-0.2, 0) is 11.2 Å². The van der Waals surface area contributed by atoms with Gasteiger partial charge in [0, 0.05) is 6.42 Å². The van der Waals surface area contributed by atoms with Gasteiger partial charge in [0.25, 0.3) is 0 Å². The van der Waals surface area contributed by atoms with Crippen molar-refractivity contribution < 1.29 is 9.53 Å². The molecule has 1 aromatic carbocycles. The number of nitrogens with one attached hydrogen (secondary N) is 1. The van der Waals surface area contributed by atoms with Crippen LogP contribution >= 0.6 is 0 Å². The Morgan fingerprint density at radius 3 is 3.06 bits per heavy atom. The molecule has 1 amide bonds. The second kappa shape index (κ2) is 4.44. The number of rotatable bonds is 3. The molecule has 3 rings (SSSR count). The smallest absolute Gasteiger partial charge is 0.250 e. The second-order valence-corrected chi connectivity index (χ2v) is 4.73. The van der Waals surface area contributed by atoms with Gasteiger partial charge in [-0.05, 0) is 18.1 Å². The lowest BCUT2D eigenvalue weighted by Crippen LogP contribution is -2.37. The van der Waals surface area contributed by atoms with Crippen LogP contribution in [0.2, 0.25) is 0 Å². The van der Waals surface area contributed by atoms with Gasteiger partial charge in [0.15, 0.2) is 6.10 Å². The van der Waals surface area contributed by atoms with Crippen molar-refractivity contribution in [1.82, 2.24) is 5.32 Å². The van der Waals surface area contributed by atoms with Crippen molar-refractivity contribution >= 4 is 11.7 Å². The van der Waals surface area contributed by atoms with Crippen LogP contribution in [0.5, 0.6) is 5.75 Å². The normalized spacial score (nSPS) is 25.4. The standard InChI is InChI=1S/C14H16N2O2/c1-2-5-10-14(17)16-13(15-10)12-8-9-6-3-4-7-11(9)18-12/h3-4,6-7,10,12H,2,5,8H2,1H3,(H,15,16,17). The first-order valence-corrected chi connectivity index (χ1v) is 6.41. The maximum atomic E-state index is 11.7. The monoisotopic (exact) mass is 244 g/mol. The summed E-state index contributed by atoms with van der Waals surface area (Å²) in [5, 5.41) is 2.85. The Labute approximate surface area is 106 Å². The van der Waals surface area contributed by atoms with Crippen LogP contribution in [0, 0.1) is 0 Å². The fourth-order valence-electron chi connectivity index (χ4n) is 2.44. The molecule has 1 aromatic rings. The molecule has 0 spiro atoms. The summed E-state index contributed by atoms with van der Waals surface area (Å²) in [5.74, 6) is 1.60. The Balaban J connectivity index is 1.75. The zero-order valence-corrected chi connectivity index (χ0v) is 10.3. The lowest BCUT2D eigenvalue weighted by molar-refractivity contribution is -0.120.